The molecule has 0 unspecified atom stereocenters. The van der Waals surface area contributed by atoms with Crippen molar-refractivity contribution in [2.75, 3.05) is 50.1 Å². The van der Waals surface area contributed by atoms with Crippen molar-refractivity contribution in [1.82, 2.24) is 0 Å². The zero-order valence-corrected chi connectivity index (χ0v) is 18.8. The topological polar surface area (TPSA) is 46.0 Å². The van der Waals surface area contributed by atoms with Gasteiger partial charge < -0.3 is 19.9 Å². The third-order valence-corrected chi connectivity index (χ3v) is 5.67. The first-order valence-corrected chi connectivity index (χ1v) is 11.0. The van der Waals surface area contributed by atoms with Crippen molar-refractivity contribution in [3.63, 3.8) is 0 Å². The number of nitrogens with one attached hydrogen (secondary N) is 2. The fourth-order valence-electron chi connectivity index (χ4n) is 3.60. The second-order valence-electron chi connectivity index (χ2n) is 9.27. The largest absolute Gasteiger partial charge is 0.494 e. The minimum atomic E-state index is 0.0256. The van der Waals surface area contributed by atoms with Gasteiger partial charge in [0.25, 0.3) is 0 Å². The van der Waals surface area contributed by atoms with Crippen molar-refractivity contribution in [1.29, 1.82) is 0 Å². The first-order valence-electron chi connectivity index (χ1n) is 11.0. The monoisotopic (exact) mass is 410 g/mol. The fraction of sp³-hybridized carbons (Fsp3) is 0.480. The first kappa shape index (κ1) is 22.2. The number of likely N-dealkylation sites (N-methyl/N-ethyl adjacent to an activating group) is 1. The highest BCUT2D eigenvalue weighted by atomic mass is 16.5. The SMILES string of the molecule is C[NH+]1CCN(c2ccc(NC(=O)CCCOc3ccc(C(C)(C)C)cc3)cc2)CC1. The molecule has 0 spiro atoms. The molecule has 0 radical (unpaired) electrons. The Kier molecular flexibility index (Phi) is 7.38. The zero-order valence-electron chi connectivity index (χ0n) is 18.8. The Bertz CT molecular complexity index is 802. The van der Waals surface area contributed by atoms with Crippen LogP contribution in [0.2, 0.25) is 0 Å². The predicted octanol–water partition coefficient (Wildman–Crippen LogP) is 3.12. The van der Waals surface area contributed by atoms with Crippen LogP contribution in [0.3, 0.4) is 0 Å². The third kappa shape index (κ3) is 6.49. The summed E-state index contributed by atoms with van der Waals surface area (Å²) in [5.74, 6) is 0.877. The number of quaternary nitrogens is 1. The normalized spacial score (nSPS) is 15.1. The molecule has 1 heterocycles. The molecule has 0 aromatic heterocycles. The molecule has 0 aliphatic carbocycles. The number of rotatable bonds is 7. The second kappa shape index (κ2) is 9.98. The number of nitrogens with zero attached hydrogens (tertiary/aromatic N) is 1. The van der Waals surface area contributed by atoms with Crippen molar-refractivity contribution in [3.8, 4) is 5.75 Å². The van der Waals surface area contributed by atoms with E-state index in [2.05, 4.69) is 62.3 Å². The Morgan fingerprint density at radius 2 is 1.67 bits per heavy atom. The van der Waals surface area contributed by atoms with E-state index < -0.39 is 0 Å². The quantitative estimate of drug-likeness (QED) is 0.690. The Hall–Kier alpha value is -2.53. The number of amides is 1. The van der Waals surface area contributed by atoms with E-state index >= 15 is 0 Å². The molecule has 0 atom stereocenters. The minimum Gasteiger partial charge on any atom is -0.494 e. The first-order chi connectivity index (χ1) is 14.3. The zero-order chi connectivity index (χ0) is 21.6. The Balaban J connectivity index is 1.37. The maximum atomic E-state index is 12.2. The molecule has 1 fully saturated rings. The summed E-state index contributed by atoms with van der Waals surface area (Å²) in [6.07, 6.45) is 1.14. The van der Waals surface area contributed by atoms with Gasteiger partial charge in [0, 0.05) is 17.8 Å². The number of benzene rings is 2. The molecule has 30 heavy (non-hydrogen) atoms. The summed E-state index contributed by atoms with van der Waals surface area (Å²) in [6.45, 7) is 11.6. The summed E-state index contributed by atoms with van der Waals surface area (Å²) < 4.78 is 5.78. The van der Waals surface area contributed by atoms with Crippen molar-refractivity contribution >= 4 is 17.3 Å². The molecule has 5 nitrogen and oxygen atoms in total. The molecule has 162 valence electrons. The number of hydrogen-bond donors (Lipinski definition) is 2. The van der Waals surface area contributed by atoms with Crippen molar-refractivity contribution < 1.29 is 14.4 Å². The molecule has 5 heteroatoms. The summed E-state index contributed by atoms with van der Waals surface area (Å²) in [5, 5.41) is 2.98. The lowest BCUT2D eigenvalue weighted by atomic mass is 9.87. The smallest absolute Gasteiger partial charge is 0.224 e. The standard InChI is InChI=1S/C25H35N3O2/c1-25(2,3)20-7-13-23(14-8-20)30-19-5-6-24(29)26-21-9-11-22(12-10-21)28-17-15-27(4)16-18-28/h7-14H,5-6,15-19H2,1-4H3,(H,26,29)/p+1. The highest BCUT2D eigenvalue weighted by molar-refractivity contribution is 5.90. The lowest BCUT2D eigenvalue weighted by Crippen LogP contribution is -3.12. The van der Waals surface area contributed by atoms with E-state index in [0.717, 1.165) is 24.5 Å². The van der Waals surface area contributed by atoms with Gasteiger partial charge in [0.15, 0.2) is 0 Å². The number of carbonyl (C=O) groups is 1. The summed E-state index contributed by atoms with van der Waals surface area (Å²) in [5.41, 5.74) is 3.50. The van der Waals surface area contributed by atoms with Crippen LogP contribution in [0.5, 0.6) is 5.75 Å². The molecule has 1 aliphatic heterocycles. The van der Waals surface area contributed by atoms with Crippen molar-refractivity contribution in [2.24, 2.45) is 0 Å². The average Bonchev–Trinajstić information content (AvgIpc) is 2.72. The van der Waals surface area contributed by atoms with Gasteiger partial charge in [-0.3, -0.25) is 4.79 Å². The molecule has 1 saturated heterocycles. The van der Waals surface area contributed by atoms with Crippen LogP contribution in [0.1, 0.15) is 39.2 Å². The minimum absolute atomic E-state index is 0.0256. The van der Waals surface area contributed by atoms with Crippen LogP contribution in [0, 0.1) is 0 Å². The molecular formula is C25H36N3O2+. The van der Waals surface area contributed by atoms with Crippen LogP contribution < -0.4 is 19.9 Å². The van der Waals surface area contributed by atoms with Gasteiger partial charge in [0.1, 0.15) is 5.75 Å². The maximum absolute atomic E-state index is 12.2. The number of carbonyl (C=O) groups excluding carboxylic acids is 1. The van der Waals surface area contributed by atoms with Gasteiger partial charge in [-0.15, -0.1) is 0 Å². The molecule has 1 aliphatic rings. The van der Waals surface area contributed by atoms with Gasteiger partial charge in [-0.1, -0.05) is 32.9 Å². The third-order valence-electron chi connectivity index (χ3n) is 5.67. The molecule has 0 saturated carbocycles. The molecule has 2 aromatic carbocycles. The van der Waals surface area contributed by atoms with Crippen LogP contribution in [-0.4, -0.2) is 45.7 Å². The van der Waals surface area contributed by atoms with Crippen molar-refractivity contribution in [2.45, 2.75) is 39.0 Å². The average molecular weight is 411 g/mol. The molecule has 2 N–H and O–H groups in total. The summed E-state index contributed by atoms with van der Waals surface area (Å²) in [4.78, 5) is 16.2. The predicted molar refractivity (Wildman–Crippen MR) is 124 cm³/mol. The van der Waals surface area contributed by atoms with E-state index in [1.165, 1.54) is 24.3 Å². The van der Waals surface area contributed by atoms with Gasteiger partial charge >= 0.3 is 0 Å². The van der Waals surface area contributed by atoms with Crippen LogP contribution >= 0.6 is 0 Å². The Morgan fingerprint density at radius 3 is 2.27 bits per heavy atom. The maximum Gasteiger partial charge on any atom is 0.224 e. The van der Waals surface area contributed by atoms with E-state index in [1.807, 2.05) is 24.3 Å². The molecular weight excluding hydrogens is 374 g/mol. The lowest BCUT2D eigenvalue weighted by Gasteiger charge is -2.31. The molecule has 2 aromatic rings. The summed E-state index contributed by atoms with van der Waals surface area (Å²) in [6, 6.07) is 16.4. The van der Waals surface area contributed by atoms with E-state index in [0.29, 0.717) is 19.4 Å². The van der Waals surface area contributed by atoms with E-state index in [-0.39, 0.29) is 11.3 Å². The van der Waals surface area contributed by atoms with Crippen LogP contribution in [-0.2, 0) is 10.2 Å². The summed E-state index contributed by atoms with van der Waals surface area (Å²) >= 11 is 0. The van der Waals surface area contributed by atoms with Crippen LogP contribution in [0.25, 0.3) is 0 Å². The fourth-order valence-corrected chi connectivity index (χ4v) is 3.60. The van der Waals surface area contributed by atoms with Crippen LogP contribution in [0.15, 0.2) is 48.5 Å². The Labute approximate surface area is 181 Å². The number of anilines is 2. The molecule has 1 amide bonds. The lowest BCUT2D eigenvalue weighted by molar-refractivity contribution is -0.880. The Morgan fingerprint density at radius 1 is 1.03 bits per heavy atom. The van der Waals surface area contributed by atoms with Gasteiger partial charge in [-0.25, -0.2) is 0 Å². The number of hydrogen-bond acceptors (Lipinski definition) is 3. The second-order valence-corrected chi connectivity index (χ2v) is 9.27. The highest BCUT2D eigenvalue weighted by Gasteiger charge is 2.17. The molecule has 0 bridgehead atoms. The van der Waals surface area contributed by atoms with E-state index in [1.54, 1.807) is 4.90 Å². The van der Waals surface area contributed by atoms with E-state index in [9.17, 15) is 4.79 Å². The number of piperazine rings is 1. The van der Waals surface area contributed by atoms with Crippen molar-refractivity contribution in [3.05, 3.63) is 54.1 Å². The van der Waals surface area contributed by atoms with Gasteiger partial charge in [-0.05, 0) is 53.8 Å². The van der Waals surface area contributed by atoms with E-state index in [4.69, 9.17) is 4.74 Å². The highest BCUT2D eigenvalue weighted by Crippen LogP contribution is 2.24. The summed E-state index contributed by atoms with van der Waals surface area (Å²) in [7, 11) is 2.24. The van der Waals surface area contributed by atoms with Gasteiger partial charge in [-0.2, -0.15) is 0 Å². The van der Waals surface area contributed by atoms with Gasteiger partial charge in [0.2, 0.25) is 5.91 Å². The van der Waals surface area contributed by atoms with Crippen LogP contribution in [0.4, 0.5) is 11.4 Å². The number of ether oxygens (including phenoxy) is 1. The molecule has 3 rings (SSSR count). The van der Waals surface area contributed by atoms with Gasteiger partial charge in [0.05, 0.1) is 39.8 Å².